The summed E-state index contributed by atoms with van der Waals surface area (Å²) < 4.78 is 157. The van der Waals surface area contributed by atoms with E-state index in [1.54, 1.807) is 81.3 Å². The first kappa shape index (κ1) is 102. The summed E-state index contributed by atoms with van der Waals surface area (Å²) in [6.07, 6.45) is 12.9. The van der Waals surface area contributed by atoms with Gasteiger partial charge in [-0.25, -0.2) is 59.1 Å². The van der Waals surface area contributed by atoms with Crippen LogP contribution in [0.15, 0.2) is 110 Å². The molecule has 0 amide bonds. The molecule has 6 saturated heterocycles. The van der Waals surface area contributed by atoms with Gasteiger partial charge in [0.05, 0.1) is 121 Å². The van der Waals surface area contributed by atoms with Crippen LogP contribution in [0.2, 0.25) is 0 Å². The Kier molecular flexibility index (Phi) is 33.5. The molecule has 28 nitrogen and oxygen atoms in total. The van der Waals surface area contributed by atoms with E-state index in [-0.39, 0.29) is 174 Å². The number of aryl methyl sites for hydroxylation is 2. The summed E-state index contributed by atoms with van der Waals surface area (Å²) >= 11 is 0. The van der Waals surface area contributed by atoms with Crippen molar-refractivity contribution in [2.45, 2.75) is 180 Å². The van der Waals surface area contributed by atoms with Crippen LogP contribution in [0.25, 0.3) is 54.5 Å². The number of aromatic nitrogens is 5. The lowest BCUT2D eigenvalue weighted by Crippen LogP contribution is -2.47. The molecule has 6 unspecified atom stereocenters. The smallest absolute Gasteiger partial charge is 0.343 e. The molecule has 5 aromatic heterocycles. The van der Waals surface area contributed by atoms with Crippen LogP contribution in [0.4, 0.5) is 52.2 Å². The highest BCUT2D eigenvalue weighted by molar-refractivity contribution is 5.99. The van der Waals surface area contributed by atoms with Gasteiger partial charge >= 0.3 is 29.8 Å². The molecule has 3 aliphatic carbocycles. The van der Waals surface area contributed by atoms with E-state index in [1.807, 2.05) is 25.9 Å². The fourth-order valence-corrected chi connectivity index (χ4v) is 17.5. The maximum absolute atomic E-state index is 15.1. The van der Waals surface area contributed by atoms with Crippen molar-refractivity contribution in [2.75, 3.05) is 126 Å². The fraction of sp³-hybridized carbons (Fsp3) is 0.479. The number of hydrogen-bond donors (Lipinski definition) is 3. The number of nitrogens with zero attached hydrogens (tertiary/aromatic N) is 8. The average Bonchev–Trinajstić information content (AvgIpc) is 1.46. The third-order valence-corrected chi connectivity index (χ3v) is 24.2. The first-order valence-electron chi connectivity index (χ1n) is 43.0. The van der Waals surface area contributed by atoms with Crippen LogP contribution in [0, 0.1) is 58.4 Å². The Hall–Kier alpha value is -11.9. The van der Waals surface area contributed by atoms with E-state index >= 15 is 8.78 Å². The van der Waals surface area contributed by atoms with E-state index in [4.69, 9.17) is 33.2 Å². The van der Waals surface area contributed by atoms with Crippen LogP contribution in [0.5, 0.6) is 0 Å². The van der Waals surface area contributed by atoms with E-state index in [0.717, 1.165) is 96.1 Å². The second-order valence-corrected chi connectivity index (χ2v) is 32.4. The van der Waals surface area contributed by atoms with Crippen molar-refractivity contribution in [3.63, 3.8) is 0 Å². The van der Waals surface area contributed by atoms with Gasteiger partial charge in [0.1, 0.15) is 45.3 Å². The van der Waals surface area contributed by atoms with Crippen LogP contribution in [0.1, 0.15) is 194 Å². The molecule has 10 aromatic rings. The molecule has 6 atom stereocenters. The molecule has 0 spiro atoms. The molecule has 11 heterocycles. The van der Waals surface area contributed by atoms with Gasteiger partial charge in [-0.05, 0) is 147 Å². The standard InChI is InChI=1S/C21H24FN3O4.C21H24FN3O3.C20H24FN3O4.C15H13F2NO3.C14H12F3NO3.5CH4/c1-2-28-21(27)14-9-25(12-3-4-12)17-8-18(15(22)7-13(17)20(14)26)24-10-16-19(11-24)29-6-5-23-16;1-2-28-21(27)16-11-25(14-3-4-14)18-6-19(17(22)5-15(18)20(16)26)24-9-12-7-23-8-13(12)10-24;1-3-23-9-13(20(26)27-4-2)19(25)12-7-14(21)17(8-16(12)23)24-10-15-18(11-24)28-6-5-22-15;1-2-21-15(20)10-7-18(8-3-4-8)13-6-12(17)11(16)5-9(13)14(10)19;1-3-18-6-8(14(20)21-4-2)13(19)7-5-9(15)10(16)11(17)12(7)18;;;;;/h7-9,12,16,19,23H,2-6,10-11H2,1H3;5-6,11-14,23H,2-4,7-10H2,1H3;7-9,15,18,22H,3-6,10-11H2,1-2H3;5-8H,2-4H2,1H3;5-6H,3-4H2,1-2H3;5*1H4. The number of benzene rings is 5. The van der Waals surface area contributed by atoms with Crippen molar-refractivity contribution >= 4 is 101 Å². The van der Waals surface area contributed by atoms with Crippen molar-refractivity contribution < 1.29 is 92.3 Å². The van der Waals surface area contributed by atoms with Crippen molar-refractivity contribution in [1.82, 2.24) is 38.8 Å². The highest BCUT2D eigenvalue weighted by Crippen LogP contribution is 2.43. The predicted molar refractivity (Wildman–Crippen MR) is 490 cm³/mol. The van der Waals surface area contributed by atoms with Gasteiger partial charge in [0, 0.05) is 155 Å². The maximum atomic E-state index is 15.1. The second-order valence-electron chi connectivity index (χ2n) is 32.4. The summed E-state index contributed by atoms with van der Waals surface area (Å²) in [5, 5.41) is 10.5. The molecular formula is C96H117F8N11O17. The number of pyridine rings is 5. The molecule has 3 saturated carbocycles. The number of anilines is 3. The van der Waals surface area contributed by atoms with E-state index in [2.05, 4.69) is 20.9 Å². The van der Waals surface area contributed by atoms with Crippen molar-refractivity contribution in [3.05, 3.63) is 211 Å². The Morgan fingerprint density at radius 2 is 0.659 bits per heavy atom. The first-order valence-corrected chi connectivity index (χ1v) is 43.0. The highest BCUT2D eigenvalue weighted by Gasteiger charge is 2.42. The minimum Gasteiger partial charge on any atom is -0.462 e. The lowest BCUT2D eigenvalue weighted by atomic mass is 10.0. The Bertz CT molecular complexity index is 6310. The van der Waals surface area contributed by atoms with E-state index in [9.17, 15) is 74.3 Å². The molecule has 0 bridgehead atoms. The summed E-state index contributed by atoms with van der Waals surface area (Å²) in [6.45, 7) is 22.2. The molecule has 19 rings (SSSR count). The number of carbonyl (C=O) groups is 5. The number of morpholine rings is 2. The first-order chi connectivity index (χ1) is 61.1. The zero-order valence-corrected chi connectivity index (χ0v) is 71.0. The third kappa shape index (κ3) is 20.7. The Balaban J connectivity index is 0.000000171. The summed E-state index contributed by atoms with van der Waals surface area (Å²) in [5.74, 6) is -10.6. The maximum Gasteiger partial charge on any atom is 0.343 e. The third-order valence-electron chi connectivity index (χ3n) is 24.2. The molecule has 132 heavy (non-hydrogen) atoms. The molecule has 6 aliphatic heterocycles. The van der Waals surface area contributed by atoms with E-state index in [0.29, 0.717) is 103 Å². The van der Waals surface area contributed by atoms with Crippen LogP contribution >= 0.6 is 0 Å². The van der Waals surface area contributed by atoms with Crippen molar-refractivity contribution in [1.29, 1.82) is 0 Å². The molecule has 0 radical (unpaired) electrons. The number of rotatable bonds is 18. The lowest BCUT2D eigenvalue weighted by molar-refractivity contribution is 0.0211. The van der Waals surface area contributed by atoms with Crippen LogP contribution in [-0.4, -0.2) is 189 Å². The normalized spacial score (nSPS) is 19.0. The molecular weight excluding hydrogens is 1730 g/mol. The lowest BCUT2D eigenvalue weighted by Gasteiger charge is -2.25. The Labute approximate surface area is 757 Å². The Morgan fingerprint density at radius 3 is 1.01 bits per heavy atom. The number of ether oxygens (including phenoxy) is 7. The molecule has 3 N–H and O–H groups in total. The summed E-state index contributed by atoms with van der Waals surface area (Å²) in [7, 11) is 0. The summed E-state index contributed by atoms with van der Waals surface area (Å²) in [6, 6.07) is 12.4. The quantitative estimate of drug-likeness (QED) is 0.0311. The van der Waals surface area contributed by atoms with Crippen LogP contribution in [-0.2, 0) is 46.2 Å². The van der Waals surface area contributed by atoms with E-state index < -0.39 is 109 Å². The highest BCUT2D eigenvalue weighted by atomic mass is 19.2. The Morgan fingerprint density at radius 1 is 0.356 bits per heavy atom. The fourth-order valence-electron chi connectivity index (χ4n) is 17.5. The average molecular weight is 1850 g/mol. The zero-order valence-electron chi connectivity index (χ0n) is 71.0. The topological polar surface area (TPSA) is 306 Å². The minimum atomic E-state index is -1.66. The predicted octanol–water partition coefficient (Wildman–Crippen LogP) is 14.2. The molecule has 714 valence electrons. The van der Waals surface area contributed by atoms with Gasteiger partial charge < -0.3 is 86.6 Å². The number of carbonyl (C=O) groups excluding carboxylic acids is 5. The number of halogens is 8. The van der Waals surface area contributed by atoms with Crippen LogP contribution in [0.3, 0.4) is 0 Å². The second kappa shape index (κ2) is 43.2. The van der Waals surface area contributed by atoms with Crippen LogP contribution < -0.4 is 57.8 Å². The molecule has 9 fully saturated rings. The van der Waals surface area contributed by atoms with Gasteiger partial charge in [-0.2, -0.15) is 0 Å². The van der Waals surface area contributed by atoms with Gasteiger partial charge in [-0.1, -0.05) is 37.1 Å². The minimum absolute atomic E-state index is 0. The molecule has 5 aromatic carbocycles. The SMILES string of the molecule is C.C.C.C.C.CCOC(=O)c1cn(C2CC2)c2cc(F)c(F)cc2c1=O.CCOC(=O)c1cn(C2CC2)c2cc(N3CC4CNCC4C3)c(F)cc2c1=O.CCOC(=O)c1cn(C2CC2)c2cc(N3CC4NCCOC4C3)c(F)cc2c1=O.CCOC(=O)c1cn(CC)c2c(F)c(F)c(F)cc2c1=O.CCOC(=O)c1cn(CC)c2cc(N3CC4NCCOC4C3)c(F)cc2c1=O. The summed E-state index contributed by atoms with van der Waals surface area (Å²) in [4.78, 5) is 129. The van der Waals surface area contributed by atoms with Gasteiger partial charge in [0.15, 0.2) is 29.1 Å². The van der Waals surface area contributed by atoms with Gasteiger partial charge in [0.2, 0.25) is 27.1 Å². The molecule has 36 heteroatoms. The number of esters is 5. The zero-order chi connectivity index (χ0) is 90.2. The van der Waals surface area contributed by atoms with Gasteiger partial charge in [-0.3, -0.25) is 24.0 Å². The number of nitrogens with one attached hydrogen (secondary N) is 3. The number of hydrogen-bond acceptors (Lipinski definition) is 23. The number of fused-ring (bicyclic) bond motifs is 8. The van der Waals surface area contributed by atoms with Crippen molar-refractivity contribution in [3.8, 4) is 0 Å². The summed E-state index contributed by atoms with van der Waals surface area (Å²) in [5.41, 5.74) is -0.284. The monoisotopic (exact) mass is 1850 g/mol. The molecule has 9 aliphatic rings. The van der Waals surface area contributed by atoms with E-state index in [1.165, 1.54) is 35.2 Å². The van der Waals surface area contributed by atoms with Crippen molar-refractivity contribution in [2.24, 2.45) is 11.8 Å². The largest absolute Gasteiger partial charge is 0.462 e. The van der Waals surface area contributed by atoms with Gasteiger partial charge in [-0.15, -0.1) is 0 Å². The van der Waals surface area contributed by atoms with Gasteiger partial charge in [0.25, 0.3) is 0 Å².